The Kier molecular flexibility index (Phi) is 8.07. The summed E-state index contributed by atoms with van der Waals surface area (Å²) in [4.78, 5) is 48.1. The first-order chi connectivity index (χ1) is 16.7. The van der Waals surface area contributed by atoms with E-state index in [1.165, 1.54) is 30.3 Å². The first-order valence-corrected chi connectivity index (χ1v) is 10.6. The lowest BCUT2D eigenvalue weighted by molar-refractivity contribution is -0.384. The van der Waals surface area contributed by atoms with Crippen molar-refractivity contribution in [3.05, 3.63) is 117 Å². The molecule has 0 aliphatic heterocycles. The summed E-state index contributed by atoms with van der Waals surface area (Å²) in [6.07, 6.45) is 1.20. The van der Waals surface area contributed by atoms with Gasteiger partial charge in [0.05, 0.1) is 16.9 Å². The summed E-state index contributed by atoms with van der Waals surface area (Å²) >= 11 is 0. The molecule has 0 aliphatic rings. The Balaban J connectivity index is 1.91. The van der Waals surface area contributed by atoms with Crippen LogP contribution >= 0.6 is 0 Å². The van der Waals surface area contributed by atoms with E-state index in [1.54, 1.807) is 54.6 Å². The van der Waals surface area contributed by atoms with Gasteiger partial charge in [-0.2, -0.15) is 0 Å². The second-order valence-electron chi connectivity index (χ2n) is 7.77. The van der Waals surface area contributed by atoms with E-state index >= 15 is 0 Å². The monoisotopic (exact) mass is 472 g/mol. The van der Waals surface area contributed by atoms with E-state index < -0.39 is 28.7 Å². The van der Waals surface area contributed by atoms with Gasteiger partial charge in [-0.15, -0.1) is 0 Å². The number of carboxylic acids is 1. The fraction of sp³-hybridized carbons (Fsp3) is 0.115. The molecule has 9 nitrogen and oxygen atoms in total. The van der Waals surface area contributed by atoms with Gasteiger partial charge in [0.1, 0.15) is 5.70 Å². The van der Waals surface area contributed by atoms with E-state index in [1.807, 2.05) is 6.92 Å². The van der Waals surface area contributed by atoms with Crippen LogP contribution in [0.2, 0.25) is 0 Å². The van der Waals surface area contributed by atoms with Crippen molar-refractivity contribution in [2.24, 2.45) is 0 Å². The summed E-state index contributed by atoms with van der Waals surface area (Å²) in [5.41, 5.74) is 1.64. The fourth-order valence-electron chi connectivity index (χ4n) is 3.23. The maximum absolute atomic E-state index is 13.1. The summed E-state index contributed by atoms with van der Waals surface area (Å²) in [5, 5.41) is 27.7. The van der Waals surface area contributed by atoms with Gasteiger partial charge in [-0.05, 0) is 42.7 Å². The number of non-ortho nitro benzene ring substituents is 1. The van der Waals surface area contributed by atoms with Crippen LogP contribution in [0.3, 0.4) is 0 Å². The van der Waals surface area contributed by atoms with Crippen molar-refractivity contribution in [2.75, 3.05) is 0 Å². The van der Waals surface area contributed by atoms with Gasteiger partial charge in [0.2, 0.25) is 0 Å². The summed E-state index contributed by atoms with van der Waals surface area (Å²) in [5.74, 6) is -2.99. The van der Waals surface area contributed by atoms with Gasteiger partial charge in [-0.3, -0.25) is 19.7 Å². The molecule has 35 heavy (non-hydrogen) atoms. The summed E-state index contributed by atoms with van der Waals surface area (Å²) in [7, 11) is 0. The topological polar surface area (TPSA) is 141 Å². The maximum atomic E-state index is 13.1. The summed E-state index contributed by atoms with van der Waals surface area (Å²) in [6, 6.07) is 19.3. The summed E-state index contributed by atoms with van der Waals surface area (Å²) < 4.78 is 0. The number of benzene rings is 3. The number of nitro benzene ring substituents is 1. The lowest BCUT2D eigenvalue weighted by Gasteiger charge is -2.21. The number of nitro groups is 1. The van der Waals surface area contributed by atoms with Crippen molar-refractivity contribution in [2.45, 2.75) is 19.4 Å². The van der Waals surface area contributed by atoms with Gasteiger partial charge >= 0.3 is 0 Å². The quantitative estimate of drug-likeness (QED) is 0.278. The van der Waals surface area contributed by atoms with Crippen molar-refractivity contribution in [3.63, 3.8) is 0 Å². The Bertz CT molecular complexity index is 1270. The lowest BCUT2D eigenvalue weighted by Crippen LogP contribution is -2.50. The molecule has 1 atom stereocenters. The smallest absolute Gasteiger partial charge is 0.270 e. The van der Waals surface area contributed by atoms with Crippen LogP contribution in [-0.2, 0) is 16.0 Å². The molecule has 3 aromatic rings. The molecule has 0 aliphatic carbocycles. The van der Waals surface area contributed by atoms with Crippen molar-refractivity contribution in [1.82, 2.24) is 10.6 Å². The molecule has 0 unspecified atom stereocenters. The number of hydrogen-bond acceptors (Lipinski definition) is 6. The van der Waals surface area contributed by atoms with Crippen LogP contribution in [0.25, 0.3) is 6.08 Å². The minimum Gasteiger partial charge on any atom is -0.548 e. The zero-order valence-electron chi connectivity index (χ0n) is 18.8. The molecule has 9 heteroatoms. The molecule has 0 saturated carbocycles. The largest absolute Gasteiger partial charge is 0.548 e. The Hall–Kier alpha value is -4.79. The molecule has 0 heterocycles. The zero-order chi connectivity index (χ0) is 25.4. The minimum absolute atomic E-state index is 0.0368. The van der Waals surface area contributed by atoms with Crippen LogP contribution in [-0.4, -0.2) is 28.7 Å². The average molecular weight is 472 g/mol. The van der Waals surface area contributed by atoms with Crippen LogP contribution in [0, 0.1) is 17.0 Å². The predicted octanol–water partition coefficient (Wildman–Crippen LogP) is 2.15. The highest BCUT2D eigenvalue weighted by Gasteiger charge is 2.20. The Morgan fingerprint density at radius 2 is 1.66 bits per heavy atom. The number of hydrogen-bond donors (Lipinski definition) is 2. The van der Waals surface area contributed by atoms with Gasteiger partial charge in [-0.25, -0.2) is 0 Å². The maximum Gasteiger partial charge on any atom is 0.270 e. The van der Waals surface area contributed by atoms with E-state index in [9.17, 15) is 29.6 Å². The van der Waals surface area contributed by atoms with Crippen LogP contribution < -0.4 is 15.7 Å². The summed E-state index contributed by atoms with van der Waals surface area (Å²) in [6.45, 7) is 1.86. The van der Waals surface area contributed by atoms with Gasteiger partial charge < -0.3 is 20.5 Å². The molecule has 0 bridgehead atoms. The molecule has 178 valence electrons. The number of rotatable bonds is 9. The van der Waals surface area contributed by atoms with Crippen molar-refractivity contribution in [3.8, 4) is 0 Å². The molecular formula is C26H22N3O6-. The Labute approximate surface area is 201 Å². The number of nitrogens with one attached hydrogen (secondary N) is 2. The molecule has 0 spiro atoms. The zero-order valence-corrected chi connectivity index (χ0v) is 18.8. The van der Waals surface area contributed by atoms with Crippen LogP contribution in [0.15, 0.2) is 84.6 Å². The standard InChI is InChI=1S/C26H23N3O6/c1-17-10-12-20(13-11-17)24(30)27-22(16-19-8-5-9-21(14-19)29(34)35)25(31)28-23(26(32)33)15-18-6-3-2-4-7-18/h2-14,16,23H,15H2,1H3,(H,27,30)(H,28,31)(H,32,33)/p-1/b22-16+/t23-/m0/s1. The van der Waals surface area contributed by atoms with Gasteiger partial charge in [0.15, 0.2) is 0 Å². The number of carbonyl (C=O) groups excluding carboxylic acids is 3. The molecule has 2 N–H and O–H groups in total. The molecule has 3 rings (SSSR count). The highest BCUT2D eigenvalue weighted by atomic mass is 16.6. The van der Waals surface area contributed by atoms with Crippen LogP contribution in [0.4, 0.5) is 5.69 Å². The number of carboxylic acid groups (broad SMARTS) is 1. The van der Waals surface area contributed by atoms with E-state index in [2.05, 4.69) is 10.6 Å². The Morgan fingerprint density at radius 3 is 2.29 bits per heavy atom. The van der Waals surface area contributed by atoms with E-state index in [0.717, 1.165) is 5.56 Å². The van der Waals surface area contributed by atoms with E-state index in [-0.39, 0.29) is 28.9 Å². The first kappa shape index (κ1) is 24.8. The SMILES string of the molecule is Cc1ccc(C(=O)N/C(=C/c2cccc([N+](=O)[O-])c2)C(=O)N[C@@H](Cc2ccccc2)C(=O)[O-])cc1. The van der Waals surface area contributed by atoms with Crippen molar-refractivity contribution in [1.29, 1.82) is 0 Å². The third-order valence-corrected chi connectivity index (χ3v) is 5.07. The molecule has 0 fully saturated rings. The van der Waals surface area contributed by atoms with E-state index in [0.29, 0.717) is 5.56 Å². The minimum atomic E-state index is -1.50. The number of carbonyl (C=O) groups is 3. The number of aliphatic carboxylic acids is 1. The molecule has 3 aromatic carbocycles. The normalized spacial score (nSPS) is 11.9. The highest BCUT2D eigenvalue weighted by Crippen LogP contribution is 2.16. The number of amides is 2. The molecule has 0 aromatic heterocycles. The predicted molar refractivity (Wildman–Crippen MR) is 127 cm³/mol. The second kappa shape index (κ2) is 11.4. The van der Waals surface area contributed by atoms with Gasteiger partial charge in [0, 0.05) is 17.7 Å². The number of aryl methyl sites for hydroxylation is 1. The van der Waals surface area contributed by atoms with Crippen molar-refractivity contribution < 1.29 is 24.4 Å². The lowest BCUT2D eigenvalue weighted by atomic mass is 10.1. The van der Waals surface area contributed by atoms with Crippen molar-refractivity contribution >= 4 is 29.5 Å². The molecule has 0 saturated heterocycles. The van der Waals surface area contributed by atoms with Crippen LogP contribution in [0.5, 0.6) is 0 Å². The highest BCUT2D eigenvalue weighted by molar-refractivity contribution is 6.06. The molecule has 2 amide bonds. The molecular weight excluding hydrogens is 450 g/mol. The first-order valence-electron chi connectivity index (χ1n) is 10.6. The molecule has 0 radical (unpaired) electrons. The fourth-order valence-corrected chi connectivity index (χ4v) is 3.23. The van der Waals surface area contributed by atoms with Gasteiger partial charge in [-0.1, -0.05) is 60.2 Å². The van der Waals surface area contributed by atoms with Gasteiger partial charge in [0.25, 0.3) is 17.5 Å². The second-order valence-corrected chi connectivity index (χ2v) is 7.77. The number of nitrogens with zero attached hydrogens (tertiary/aromatic N) is 1. The van der Waals surface area contributed by atoms with E-state index in [4.69, 9.17) is 0 Å². The van der Waals surface area contributed by atoms with Crippen LogP contribution in [0.1, 0.15) is 27.0 Å². The average Bonchev–Trinajstić information content (AvgIpc) is 2.84. The third kappa shape index (κ3) is 7.10. The third-order valence-electron chi connectivity index (χ3n) is 5.07. The Morgan fingerprint density at radius 1 is 0.971 bits per heavy atom.